The fourth-order valence-corrected chi connectivity index (χ4v) is 3.22. The predicted molar refractivity (Wildman–Crippen MR) is 72.6 cm³/mol. The maximum atomic E-state index is 12.7. The molecule has 0 aromatic heterocycles. The summed E-state index contributed by atoms with van der Waals surface area (Å²) in [5.74, 6) is 0.876. The standard InChI is InChI=1S/C15H20N2O/c1-10-8-16-9-13(10)15(18)17-11(2)7-12-5-3-4-6-14(12)17/h3-6,10-11,13,16H,7-9H2,1-2H3. The van der Waals surface area contributed by atoms with Gasteiger partial charge in [-0.3, -0.25) is 4.79 Å². The van der Waals surface area contributed by atoms with Crippen LogP contribution in [-0.2, 0) is 11.2 Å². The van der Waals surface area contributed by atoms with Crippen molar-refractivity contribution in [2.45, 2.75) is 26.3 Å². The molecule has 3 atom stereocenters. The first-order chi connectivity index (χ1) is 8.68. The number of carbonyl (C=O) groups is 1. The Morgan fingerprint density at radius 2 is 2.06 bits per heavy atom. The first-order valence-electron chi connectivity index (χ1n) is 6.80. The third-order valence-corrected chi connectivity index (χ3v) is 4.28. The highest BCUT2D eigenvalue weighted by Crippen LogP contribution is 2.34. The summed E-state index contributed by atoms with van der Waals surface area (Å²) < 4.78 is 0. The van der Waals surface area contributed by atoms with Gasteiger partial charge in [0.2, 0.25) is 5.91 Å². The van der Waals surface area contributed by atoms with Gasteiger partial charge in [-0.2, -0.15) is 0 Å². The van der Waals surface area contributed by atoms with E-state index in [1.54, 1.807) is 0 Å². The molecule has 96 valence electrons. The van der Waals surface area contributed by atoms with Gasteiger partial charge in [-0.05, 0) is 37.4 Å². The van der Waals surface area contributed by atoms with E-state index in [9.17, 15) is 4.79 Å². The zero-order valence-electron chi connectivity index (χ0n) is 11.0. The monoisotopic (exact) mass is 244 g/mol. The molecule has 2 aliphatic rings. The van der Waals surface area contributed by atoms with Gasteiger partial charge >= 0.3 is 0 Å². The Morgan fingerprint density at radius 1 is 1.28 bits per heavy atom. The van der Waals surface area contributed by atoms with Crippen LogP contribution in [0.2, 0.25) is 0 Å². The Balaban J connectivity index is 1.90. The van der Waals surface area contributed by atoms with Crippen molar-refractivity contribution >= 4 is 11.6 Å². The summed E-state index contributed by atoms with van der Waals surface area (Å²) in [6.45, 7) is 6.09. The van der Waals surface area contributed by atoms with Gasteiger partial charge in [0.05, 0.1) is 5.92 Å². The summed E-state index contributed by atoms with van der Waals surface area (Å²) in [5, 5.41) is 3.32. The molecule has 1 saturated heterocycles. The molecule has 0 aliphatic carbocycles. The number of carbonyl (C=O) groups excluding carboxylic acids is 1. The van der Waals surface area contributed by atoms with Crippen LogP contribution in [0.1, 0.15) is 19.4 Å². The molecule has 3 heteroatoms. The molecule has 18 heavy (non-hydrogen) atoms. The lowest BCUT2D eigenvalue weighted by atomic mass is 9.96. The van der Waals surface area contributed by atoms with Crippen LogP contribution in [0.4, 0.5) is 5.69 Å². The van der Waals surface area contributed by atoms with Gasteiger partial charge in [0, 0.05) is 18.3 Å². The lowest BCUT2D eigenvalue weighted by Gasteiger charge is -2.27. The number of benzene rings is 1. The molecule has 0 spiro atoms. The normalized spacial score (nSPS) is 30.6. The molecule has 3 nitrogen and oxygen atoms in total. The zero-order chi connectivity index (χ0) is 12.7. The second kappa shape index (κ2) is 4.39. The Hall–Kier alpha value is -1.35. The molecular formula is C15H20N2O. The predicted octanol–water partition coefficient (Wildman–Crippen LogP) is 1.82. The number of para-hydroxylation sites is 1. The zero-order valence-corrected chi connectivity index (χ0v) is 11.0. The van der Waals surface area contributed by atoms with E-state index in [4.69, 9.17) is 0 Å². The third kappa shape index (κ3) is 1.74. The van der Waals surface area contributed by atoms with Crippen molar-refractivity contribution in [3.8, 4) is 0 Å². The van der Waals surface area contributed by atoms with E-state index in [1.165, 1.54) is 5.56 Å². The number of hydrogen-bond donors (Lipinski definition) is 1. The van der Waals surface area contributed by atoms with Gasteiger partial charge in [-0.25, -0.2) is 0 Å². The summed E-state index contributed by atoms with van der Waals surface area (Å²) in [6.07, 6.45) is 0.983. The van der Waals surface area contributed by atoms with Crippen LogP contribution in [0.25, 0.3) is 0 Å². The maximum Gasteiger partial charge on any atom is 0.231 e. The van der Waals surface area contributed by atoms with Crippen molar-refractivity contribution in [1.82, 2.24) is 5.32 Å². The highest BCUT2D eigenvalue weighted by atomic mass is 16.2. The van der Waals surface area contributed by atoms with E-state index in [1.807, 2.05) is 11.0 Å². The first kappa shape index (κ1) is 11.7. The number of fused-ring (bicyclic) bond motifs is 1. The van der Waals surface area contributed by atoms with Gasteiger partial charge in [0.15, 0.2) is 0 Å². The number of anilines is 1. The largest absolute Gasteiger partial charge is 0.316 e. The Bertz CT molecular complexity index is 471. The van der Waals surface area contributed by atoms with Crippen LogP contribution in [0.3, 0.4) is 0 Å². The molecule has 1 N–H and O–H groups in total. The molecule has 0 radical (unpaired) electrons. The maximum absolute atomic E-state index is 12.7. The fraction of sp³-hybridized carbons (Fsp3) is 0.533. The van der Waals surface area contributed by atoms with Gasteiger partial charge in [0.1, 0.15) is 0 Å². The van der Waals surface area contributed by atoms with E-state index >= 15 is 0 Å². The van der Waals surface area contributed by atoms with Gasteiger partial charge in [-0.1, -0.05) is 25.1 Å². The van der Waals surface area contributed by atoms with Crippen LogP contribution in [0, 0.1) is 11.8 Å². The average molecular weight is 244 g/mol. The Labute approximate surface area is 108 Å². The van der Waals surface area contributed by atoms with Crippen LogP contribution in [0.5, 0.6) is 0 Å². The van der Waals surface area contributed by atoms with Crippen molar-refractivity contribution in [2.75, 3.05) is 18.0 Å². The number of hydrogen-bond acceptors (Lipinski definition) is 2. The summed E-state index contributed by atoms with van der Waals surface area (Å²) in [5.41, 5.74) is 2.42. The smallest absolute Gasteiger partial charge is 0.231 e. The van der Waals surface area contributed by atoms with E-state index in [0.717, 1.165) is 25.2 Å². The lowest BCUT2D eigenvalue weighted by molar-refractivity contribution is -0.123. The number of rotatable bonds is 1. The topological polar surface area (TPSA) is 32.3 Å². The Morgan fingerprint density at radius 3 is 2.78 bits per heavy atom. The first-order valence-corrected chi connectivity index (χ1v) is 6.80. The van der Waals surface area contributed by atoms with Crippen LogP contribution in [0.15, 0.2) is 24.3 Å². The minimum atomic E-state index is 0.138. The lowest BCUT2D eigenvalue weighted by Crippen LogP contribution is -2.42. The van der Waals surface area contributed by atoms with Gasteiger partial charge < -0.3 is 10.2 Å². The average Bonchev–Trinajstić information content (AvgIpc) is 2.91. The van der Waals surface area contributed by atoms with Crippen LogP contribution in [-0.4, -0.2) is 25.0 Å². The summed E-state index contributed by atoms with van der Waals surface area (Å²) >= 11 is 0. The minimum Gasteiger partial charge on any atom is -0.316 e. The van der Waals surface area contributed by atoms with Gasteiger partial charge in [0.25, 0.3) is 0 Å². The molecule has 1 aromatic carbocycles. The van der Waals surface area contributed by atoms with E-state index in [-0.39, 0.29) is 5.92 Å². The Kier molecular flexibility index (Phi) is 2.86. The van der Waals surface area contributed by atoms with Crippen molar-refractivity contribution in [3.05, 3.63) is 29.8 Å². The molecule has 0 saturated carbocycles. The molecule has 3 rings (SSSR count). The molecular weight excluding hydrogens is 224 g/mol. The molecule has 1 fully saturated rings. The number of nitrogens with zero attached hydrogens (tertiary/aromatic N) is 1. The van der Waals surface area contributed by atoms with Crippen molar-refractivity contribution in [3.63, 3.8) is 0 Å². The molecule has 1 aromatic rings. The summed E-state index contributed by atoms with van der Waals surface area (Å²) in [4.78, 5) is 14.7. The highest BCUT2D eigenvalue weighted by Gasteiger charge is 2.38. The second-order valence-electron chi connectivity index (χ2n) is 5.63. The molecule has 3 unspecified atom stereocenters. The van der Waals surface area contributed by atoms with E-state index in [0.29, 0.717) is 17.9 Å². The quantitative estimate of drug-likeness (QED) is 0.817. The third-order valence-electron chi connectivity index (χ3n) is 4.28. The van der Waals surface area contributed by atoms with Gasteiger partial charge in [-0.15, -0.1) is 0 Å². The molecule has 2 heterocycles. The van der Waals surface area contributed by atoms with Crippen LogP contribution >= 0.6 is 0 Å². The summed E-state index contributed by atoms with van der Waals surface area (Å²) in [7, 11) is 0. The summed E-state index contributed by atoms with van der Waals surface area (Å²) in [6, 6.07) is 8.58. The highest BCUT2D eigenvalue weighted by molar-refractivity contribution is 5.98. The van der Waals surface area contributed by atoms with Crippen molar-refractivity contribution < 1.29 is 4.79 Å². The minimum absolute atomic E-state index is 0.138. The second-order valence-corrected chi connectivity index (χ2v) is 5.63. The van der Waals surface area contributed by atoms with Crippen molar-refractivity contribution in [2.24, 2.45) is 11.8 Å². The molecule has 1 amide bonds. The fourth-order valence-electron chi connectivity index (χ4n) is 3.22. The van der Waals surface area contributed by atoms with Crippen LogP contribution < -0.4 is 10.2 Å². The van der Waals surface area contributed by atoms with E-state index in [2.05, 4.69) is 37.4 Å². The SMILES string of the molecule is CC1CNCC1C(=O)N1c2ccccc2CC1C. The molecule has 2 aliphatic heterocycles. The van der Waals surface area contributed by atoms with E-state index < -0.39 is 0 Å². The van der Waals surface area contributed by atoms with Crippen molar-refractivity contribution in [1.29, 1.82) is 0 Å². The molecule has 0 bridgehead atoms. The number of nitrogens with one attached hydrogen (secondary N) is 1. The number of amides is 1.